The fourth-order valence-electron chi connectivity index (χ4n) is 2.22. The SMILES string of the molecule is CC(C)(C)OC(=O)N1CCC(COc2cc(C#N)ccn2)C1. The minimum absolute atomic E-state index is 0.250. The Morgan fingerprint density at radius 1 is 1.55 bits per heavy atom. The molecule has 1 amide bonds. The Morgan fingerprint density at radius 3 is 3.00 bits per heavy atom. The fraction of sp³-hybridized carbons (Fsp3) is 0.562. The van der Waals surface area contributed by atoms with Gasteiger partial charge in [-0.3, -0.25) is 0 Å². The summed E-state index contributed by atoms with van der Waals surface area (Å²) >= 11 is 0. The van der Waals surface area contributed by atoms with Gasteiger partial charge in [-0.2, -0.15) is 5.26 Å². The van der Waals surface area contributed by atoms with Gasteiger partial charge in [0.2, 0.25) is 5.88 Å². The normalized spacial score (nSPS) is 17.9. The lowest BCUT2D eigenvalue weighted by molar-refractivity contribution is 0.0284. The molecular formula is C16H21N3O3. The highest BCUT2D eigenvalue weighted by atomic mass is 16.6. The van der Waals surface area contributed by atoms with E-state index in [2.05, 4.69) is 4.98 Å². The molecule has 6 nitrogen and oxygen atoms in total. The molecule has 1 atom stereocenters. The van der Waals surface area contributed by atoms with Gasteiger partial charge in [-0.1, -0.05) is 0 Å². The van der Waals surface area contributed by atoms with Crippen LogP contribution in [0.2, 0.25) is 0 Å². The van der Waals surface area contributed by atoms with E-state index in [4.69, 9.17) is 14.7 Å². The second kappa shape index (κ2) is 6.65. The molecule has 0 N–H and O–H groups in total. The molecule has 22 heavy (non-hydrogen) atoms. The molecule has 6 heteroatoms. The van der Waals surface area contributed by atoms with Crippen LogP contribution in [0.4, 0.5) is 4.79 Å². The maximum absolute atomic E-state index is 12.0. The minimum atomic E-state index is -0.479. The van der Waals surface area contributed by atoms with E-state index in [0.29, 0.717) is 31.1 Å². The van der Waals surface area contributed by atoms with Crippen LogP contribution in [0, 0.1) is 17.2 Å². The van der Waals surface area contributed by atoms with Crippen molar-refractivity contribution < 1.29 is 14.3 Å². The number of ether oxygens (including phenoxy) is 2. The molecular weight excluding hydrogens is 282 g/mol. The molecule has 1 aliphatic heterocycles. The van der Waals surface area contributed by atoms with Crippen molar-refractivity contribution in [3.05, 3.63) is 23.9 Å². The number of hydrogen-bond acceptors (Lipinski definition) is 5. The lowest BCUT2D eigenvalue weighted by Gasteiger charge is -2.24. The fourth-order valence-corrected chi connectivity index (χ4v) is 2.22. The highest BCUT2D eigenvalue weighted by molar-refractivity contribution is 5.68. The van der Waals surface area contributed by atoms with Crippen LogP contribution < -0.4 is 4.74 Å². The number of carbonyl (C=O) groups excluding carboxylic acids is 1. The average Bonchev–Trinajstić information content (AvgIpc) is 2.92. The molecule has 0 aliphatic carbocycles. The zero-order chi connectivity index (χ0) is 16.2. The summed E-state index contributed by atoms with van der Waals surface area (Å²) in [5, 5.41) is 8.84. The number of nitriles is 1. The molecule has 1 aromatic heterocycles. The van der Waals surface area contributed by atoms with Gasteiger partial charge in [0.25, 0.3) is 0 Å². The van der Waals surface area contributed by atoms with Gasteiger partial charge in [-0.15, -0.1) is 0 Å². The number of likely N-dealkylation sites (tertiary alicyclic amines) is 1. The van der Waals surface area contributed by atoms with E-state index in [-0.39, 0.29) is 12.0 Å². The molecule has 1 saturated heterocycles. The van der Waals surface area contributed by atoms with Gasteiger partial charge in [-0.05, 0) is 33.3 Å². The monoisotopic (exact) mass is 303 g/mol. The van der Waals surface area contributed by atoms with E-state index >= 15 is 0 Å². The maximum Gasteiger partial charge on any atom is 0.410 e. The predicted octanol–water partition coefficient (Wildman–Crippen LogP) is 2.59. The van der Waals surface area contributed by atoms with Gasteiger partial charge in [-0.25, -0.2) is 9.78 Å². The first kappa shape index (κ1) is 16.1. The molecule has 1 unspecified atom stereocenters. The van der Waals surface area contributed by atoms with Gasteiger partial charge in [0.15, 0.2) is 0 Å². The van der Waals surface area contributed by atoms with Crippen LogP contribution >= 0.6 is 0 Å². The zero-order valence-corrected chi connectivity index (χ0v) is 13.2. The number of rotatable bonds is 3. The van der Waals surface area contributed by atoms with Gasteiger partial charge in [0.1, 0.15) is 5.60 Å². The van der Waals surface area contributed by atoms with Gasteiger partial charge < -0.3 is 14.4 Å². The molecule has 118 valence electrons. The van der Waals surface area contributed by atoms with Crippen molar-refractivity contribution >= 4 is 6.09 Å². The summed E-state index contributed by atoms with van der Waals surface area (Å²) in [6.45, 7) is 7.34. The van der Waals surface area contributed by atoms with Crippen LogP contribution in [0.5, 0.6) is 5.88 Å². The lowest BCUT2D eigenvalue weighted by Crippen LogP contribution is -2.35. The summed E-state index contributed by atoms with van der Waals surface area (Å²) < 4.78 is 11.0. The third kappa shape index (κ3) is 4.62. The van der Waals surface area contributed by atoms with Crippen molar-refractivity contribution in [2.24, 2.45) is 5.92 Å². The second-order valence-corrected chi connectivity index (χ2v) is 6.39. The summed E-state index contributed by atoms with van der Waals surface area (Å²) in [7, 11) is 0. The molecule has 2 heterocycles. The van der Waals surface area contributed by atoms with E-state index in [1.54, 1.807) is 23.2 Å². The molecule has 1 aromatic rings. The zero-order valence-electron chi connectivity index (χ0n) is 13.2. The van der Waals surface area contributed by atoms with Crippen molar-refractivity contribution in [1.29, 1.82) is 5.26 Å². The van der Waals surface area contributed by atoms with Gasteiger partial charge >= 0.3 is 6.09 Å². The maximum atomic E-state index is 12.0. The van der Waals surface area contributed by atoms with Crippen molar-refractivity contribution in [3.63, 3.8) is 0 Å². The van der Waals surface area contributed by atoms with Crippen molar-refractivity contribution in [2.75, 3.05) is 19.7 Å². The van der Waals surface area contributed by atoms with Crippen LogP contribution in [0.25, 0.3) is 0 Å². The first-order valence-electron chi connectivity index (χ1n) is 7.34. The molecule has 1 aliphatic rings. The lowest BCUT2D eigenvalue weighted by atomic mass is 10.1. The highest BCUT2D eigenvalue weighted by Gasteiger charge is 2.30. The van der Waals surface area contributed by atoms with Crippen molar-refractivity contribution in [1.82, 2.24) is 9.88 Å². The Balaban J connectivity index is 1.81. The van der Waals surface area contributed by atoms with E-state index in [1.165, 1.54) is 0 Å². The number of hydrogen-bond donors (Lipinski definition) is 0. The summed E-state index contributed by atoms with van der Waals surface area (Å²) in [6.07, 6.45) is 2.15. The second-order valence-electron chi connectivity index (χ2n) is 6.39. The molecule has 0 radical (unpaired) electrons. The highest BCUT2D eigenvalue weighted by Crippen LogP contribution is 2.20. The summed E-state index contributed by atoms with van der Waals surface area (Å²) in [6, 6.07) is 5.29. The number of carbonyl (C=O) groups is 1. The van der Waals surface area contributed by atoms with E-state index in [9.17, 15) is 4.79 Å². The number of amides is 1. The third-order valence-corrected chi connectivity index (χ3v) is 3.27. The number of aromatic nitrogens is 1. The first-order chi connectivity index (χ1) is 10.4. The minimum Gasteiger partial charge on any atom is -0.477 e. The smallest absolute Gasteiger partial charge is 0.410 e. The largest absolute Gasteiger partial charge is 0.477 e. The Labute approximate surface area is 130 Å². The van der Waals surface area contributed by atoms with Crippen LogP contribution in [-0.4, -0.2) is 41.3 Å². The number of pyridine rings is 1. The van der Waals surface area contributed by atoms with Gasteiger partial charge in [0.05, 0.1) is 18.2 Å². The topological polar surface area (TPSA) is 75.4 Å². The third-order valence-electron chi connectivity index (χ3n) is 3.27. The average molecular weight is 303 g/mol. The molecule has 0 spiro atoms. The van der Waals surface area contributed by atoms with Crippen LogP contribution in [0.3, 0.4) is 0 Å². The standard InChI is InChI=1S/C16H21N3O3/c1-16(2,3)22-15(20)19-7-5-13(10-19)11-21-14-8-12(9-17)4-6-18-14/h4,6,8,13H,5,7,10-11H2,1-3H3. The number of nitrogens with zero attached hydrogens (tertiary/aromatic N) is 3. The summed E-state index contributed by atoms with van der Waals surface area (Å²) in [5.74, 6) is 0.690. The quantitative estimate of drug-likeness (QED) is 0.858. The Morgan fingerprint density at radius 2 is 2.32 bits per heavy atom. The molecule has 0 bridgehead atoms. The van der Waals surface area contributed by atoms with E-state index in [1.807, 2.05) is 26.8 Å². The molecule has 2 rings (SSSR count). The summed E-state index contributed by atoms with van der Waals surface area (Å²) in [4.78, 5) is 17.8. The van der Waals surface area contributed by atoms with E-state index in [0.717, 1.165) is 6.42 Å². The van der Waals surface area contributed by atoms with Crippen molar-refractivity contribution in [3.8, 4) is 11.9 Å². The van der Waals surface area contributed by atoms with Gasteiger partial charge in [0, 0.05) is 31.3 Å². The first-order valence-corrected chi connectivity index (χ1v) is 7.34. The Kier molecular flexibility index (Phi) is 4.86. The van der Waals surface area contributed by atoms with Crippen LogP contribution in [0.15, 0.2) is 18.3 Å². The van der Waals surface area contributed by atoms with Crippen LogP contribution in [0.1, 0.15) is 32.8 Å². The molecule has 0 saturated carbocycles. The Bertz CT molecular complexity index is 575. The predicted molar refractivity (Wildman–Crippen MR) is 80.4 cm³/mol. The Hall–Kier alpha value is -2.29. The van der Waals surface area contributed by atoms with Crippen molar-refractivity contribution in [2.45, 2.75) is 32.8 Å². The molecule has 1 fully saturated rings. The molecule has 0 aromatic carbocycles. The van der Waals surface area contributed by atoms with E-state index < -0.39 is 5.60 Å². The summed E-state index contributed by atoms with van der Waals surface area (Å²) in [5.41, 5.74) is 0.0413. The van der Waals surface area contributed by atoms with Crippen LogP contribution in [-0.2, 0) is 4.74 Å².